The summed E-state index contributed by atoms with van der Waals surface area (Å²) >= 11 is 3.31. The highest BCUT2D eigenvalue weighted by Crippen LogP contribution is 2.70. The average Bonchev–Trinajstić information content (AvgIpc) is 2.79. The van der Waals surface area contributed by atoms with Crippen LogP contribution in [0.2, 0.25) is 0 Å². The summed E-state index contributed by atoms with van der Waals surface area (Å²) in [6.07, 6.45) is 3.90. The van der Waals surface area contributed by atoms with Gasteiger partial charge >= 0.3 is 0 Å². The lowest BCUT2D eigenvalue weighted by atomic mass is 9.96. The highest BCUT2D eigenvalue weighted by Gasteiger charge is 2.67. The fraction of sp³-hybridized carbons (Fsp3) is 0.533. The Kier molecular flexibility index (Phi) is 2.27. The molecule has 0 aromatic heterocycles. The van der Waals surface area contributed by atoms with Gasteiger partial charge in [-0.05, 0) is 61.1 Å². The first-order chi connectivity index (χ1) is 8.66. The van der Waals surface area contributed by atoms with Crippen LogP contribution in [0.4, 0.5) is 4.39 Å². The van der Waals surface area contributed by atoms with E-state index in [2.05, 4.69) is 15.9 Å². The molecule has 4 unspecified atom stereocenters. The van der Waals surface area contributed by atoms with Crippen molar-refractivity contribution in [3.05, 3.63) is 34.1 Å². The van der Waals surface area contributed by atoms with Gasteiger partial charge in [0.2, 0.25) is 0 Å². The van der Waals surface area contributed by atoms with Crippen LogP contribution in [0.15, 0.2) is 22.7 Å². The highest BCUT2D eigenvalue weighted by atomic mass is 79.9. The topological polar surface area (TPSA) is 17.1 Å². The van der Waals surface area contributed by atoms with Gasteiger partial charge in [-0.1, -0.05) is 15.9 Å². The molecular formula is C15H14BrFO. The molecule has 4 rings (SSSR count). The Morgan fingerprint density at radius 2 is 1.89 bits per heavy atom. The lowest BCUT2D eigenvalue weighted by Crippen LogP contribution is -2.11. The Balaban J connectivity index is 1.64. The molecule has 0 saturated heterocycles. The minimum atomic E-state index is -0.375. The third-order valence-electron chi connectivity index (χ3n) is 5.23. The molecule has 0 spiro atoms. The first-order valence-corrected chi connectivity index (χ1v) is 7.45. The molecule has 1 aromatic carbocycles. The number of carbonyl (C=O) groups excluding carboxylic acids is 1. The summed E-state index contributed by atoms with van der Waals surface area (Å²) in [7, 11) is 0. The van der Waals surface area contributed by atoms with E-state index >= 15 is 0 Å². The molecule has 0 N–H and O–H groups in total. The average molecular weight is 309 g/mol. The van der Waals surface area contributed by atoms with Gasteiger partial charge in [0.15, 0.2) is 5.78 Å². The zero-order valence-electron chi connectivity index (χ0n) is 9.90. The van der Waals surface area contributed by atoms with Crippen LogP contribution in [0.3, 0.4) is 0 Å². The van der Waals surface area contributed by atoms with Crippen molar-refractivity contribution >= 4 is 21.7 Å². The van der Waals surface area contributed by atoms with E-state index in [1.807, 2.05) is 0 Å². The van der Waals surface area contributed by atoms with Gasteiger partial charge in [-0.2, -0.15) is 0 Å². The van der Waals surface area contributed by atoms with Crippen molar-refractivity contribution in [3.8, 4) is 0 Å². The molecule has 2 bridgehead atoms. The van der Waals surface area contributed by atoms with E-state index in [1.165, 1.54) is 25.3 Å². The summed E-state index contributed by atoms with van der Waals surface area (Å²) in [6.45, 7) is 0. The molecule has 0 aliphatic heterocycles. The van der Waals surface area contributed by atoms with Crippen molar-refractivity contribution < 1.29 is 9.18 Å². The first-order valence-electron chi connectivity index (χ1n) is 6.66. The monoisotopic (exact) mass is 308 g/mol. The maximum atomic E-state index is 13.8. The molecule has 0 amide bonds. The molecule has 0 radical (unpaired) electrons. The van der Waals surface area contributed by atoms with E-state index in [4.69, 9.17) is 0 Å². The Bertz CT molecular complexity index is 525. The molecule has 3 saturated carbocycles. The SMILES string of the molecule is O=C(c1cc(Br)ccc1F)C1C2C3CCC(C3)C12. The molecule has 4 atom stereocenters. The number of benzene rings is 1. The third-order valence-corrected chi connectivity index (χ3v) is 5.73. The number of hydrogen-bond donors (Lipinski definition) is 0. The van der Waals surface area contributed by atoms with Crippen molar-refractivity contribution in [2.24, 2.45) is 29.6 Å². The fourth-order valence-electron chi connectivity index (χ4n) is 4.54. The quantitative estimate of drug-likeness (QED) is 0.753. The number of fused-ring (bicyclic) bond motifs is 5. The van der Waals surface area contributed by atoms with Gasteiger partial charge in [-0.25, -0.2) is 4.39 Å². The molecule has 1 nitrogen and oxygen atoms in total. The summed E-state index contributed by atoms with van der Waals surface area (Å²) in [5.41, 5.74) is 0.281. The van der Waals surface area contributed by atoms with Crippen LogP contribution in [0, 0.1) is 35.4 Å². The summed E-state index contributed by atoms with van der Waals surface area (Å²) in [5, 5.41) is 0. The Labute approximate surface area is 114 Å². The van der Waals surface area contributed by atoms with Gasteiger partial charge in [0.05, 0.1) is 5.56 Å². The number of carbonyl (C=O) groups is 1. The van der Waals surface area contributed by atoms with Crippen LogP contribution in [-0.2, 0) is 0 Å². The fourth-order valence-corrected chi connectivity index (χ4v) is 4.90. The molecule has 0 heterocycles. The van der Waals surface area contributed by atoms with E-state index in [1.54, 1.807) is 12.1 Å². The van der Waals surface area contributed by atoms with Gasteiger partial charge in [-0.3, -0.25) is 4.79 Å². The van der Waals surface area contributed by atoms with Crippen LogP contribution in [0.1, 0.15) is 29.6 Å². The smallest absolute Gasteiger partial charge is 0.169 e. The molecular weight excluding hydrogens is 295 g/mol. The lowest BCUT2D eigenvalue weighted by molar-refractivity contribution is 0.0940. The van der Waals surface area contributed by atoms with Crippen LogP contribution in [0.25, 0.3) is 0 Å². The number of ketones is 1. The van der Waals surface area contributed by atoms with Crippen LogP contribution in [0.5, 0.6) is 0 Å². The number of rotatable bonds is 2. The standard InChI is InChI=1S/C15H14BrFO/c16-9-3-4-11(17)10(6-9)15(18)14-12-7-1-2-8(5-7)13(12)14/h3-4,6-8,12-14H,1-2,5H2. The molecule has 1 aromatic rings. The first kappa shape index (κ1) is 11.2. The van der Waals surface area contributed by atoms with E-state index in [-0.39, 0.29) is 23.1 Å². The predicted molar refractivity (Wildman–Crippen MR) is 69.7 cm³/mol. The second kappa shape index (κ2) is 3.66. The summed E-state index contributed by atoms with van der Waals surface area (Å²) < 4.78 is 14.5. The normalized spacial score (nSPS) is 39.8. The molecule has 3 heteroatoms. The van der Waals surface area contributed by atoms with Crippen molar-refractivity contribution in [3.63, 3.8) is 0 Å². The summed E-state index contributed by atoms with van der Waals surface area (Å²) in [4.78, 5) is 12.5. The number of Topliss-reactive ketones (excluding diaryl/α,β-unsaturated/α-hetero) is 1. The maximum Gasteiger partial charge on any atom is 0.169 e. The largest absolute Gasteiger partial charge is 0.294 e. The van der Waals surface area contributed by atoms with Crippen LogP contribution in [-0.4, -0.2) is 5.78 Å². The van der Waals surface area contributed by atoms with E-state index in [9.17, 15) is 9.18 Å². The van der Waals surface area contributed by atoms with Crippen molar-refractivity contribution in [2.45, 2.75) is 19.3 Å². The predicted octanol–water partition coefficient (Wildman–Crippen LogP) is 4.06. The van der Waals surface area contributed by atoms with E-state index in [0.717, 1.165) is 16.3 Å². The molecule has 94 valence electrons. The molecule has 3 aliphatic rings. The maximum absolute atomic E-state index is 13.8. The van der Waals surface area contributed by atoms with Gasteiger partial charge in [0, 0.05) is 10.4 Å². The van der Waals surface area contributed by atoms with Crippen molar-refractivity contribution in [1.82, 2.24) is 0 Å². The van der Waals surface area contributed by atoms with Gasteiger partial charge < -0.3 is 0 Å². The summed E-state index contributed by atoms with van der Waals surface area (Å²) in [6, 6.07) is 4.65. The van der Waals surface area contributed by atoms with Crippen LogP contribution < -0.4 is 0 Å². The van der Waals surface area contributed by atoms with Crippen molar-refractivity contribution in [2.75, 3.05) is 0 Å². The summed E-state index contributed by atoms with van der Waals surface area (Å²) in [5.74, 6) is 2.46. The minimum Gasteiger partial charge on any atom is -0.294 e. The van der Waals surface area contributed by atoms with Gasteiger partial charge in [-0.15, -0.1) is 0 Å². The van der Waals surface area contributed by atoms with Gasteiger partial charge in [0.25, 0.3) is 0 Å². The third kappa shape index (κ3) is 1.40. The lowest BCUT2D eigenvalue weighted by Gasteiger charge is -2.08. The second-order valence-electron chi connectivity index (χ2n) is 6.00. The van der Waals surface area contributed by atoms with Crippen LogP contribution >= 0.6 is 15.9 Å². The molecule has 18 heavy (non-hydrogen) atoms. The van der Waals surface area contributed by atoms with E-state index in [0.29, 0.717) is 11.8 Å². The number of hydrogen-bond acceptors (Lipinski definition) is 1. The Hall–Kier alpha value is -0.700. The highest BCUT2D eigenvalue weighted by molar-refractivity contribution is 9.10. The molecule has 3 fully saturated rings. The minimum absolute atomic E-state index is 0.0420. The zero-order valence-corrected chi connectivity index (χ0v) is 11.5. The Morgan fingerprint density at radius 3 is 2.56 bits per heavy atom. The second-order valence-corrected chi connectivity index (χ2v) is 6.92. The Morgan fingerprint density at radius 1 is 1.22 bits per heavy atom. The van der Waals surface area contributed by atoms with E-state index < -0.39 is 0 Å². The molecule has 3 aliphatic carbocycles. The van der Waals surface area contributed by atoms with Gasteiger partial charge in [0.1, 0.15) is 5.82 Å². The number of halogens is 2. The zero-order chi connectivity index (χ0) is 12.4. The van der Waals surface area contributed by atoms with Crippen molar-refractivity contribution in [1.29, 1.82) is 0 Å².